The lowest BCUT2D eigenvalue weighted by Crippen LogP contribution is -2.51. The van der Waals surface area contributed by atoms with E-state index >= 15 is 0 Å². The van der Waals surface area contributed by atoms with Crippen LogP contribution in [0.4, 0.5) is 0 Å². The zero-order valence-electron chi connectivity index (χ0n) is 19.6. The molecule has 8 heteroatoms. The van der Waals surface area contributed by atoms with Crippen LogP contribution in [0.2, 0.25) is 0 Å². The minimum Gasteiger partial charge on any atom is -0.462 e. The van der Waals surface area contributed by atoms with Crippen molar-refractivity contribution in [2.45, 2.75) is 91.6 Å². The molecule has 2 N–H and O–H groups in total. The van der Waals surface area contributed by atoms with Gasteiger partial charge in [-0.2, -0.15) is 0 Å². The van der Waals surface area contributed by atoms with E-state index in [0.717, 1.165) is 56.3 Å². The highest BCUT2D eigenvalue weighted by Gasteiger charge is 2.28. The van der Waals surface area contributed by atoms with E-state index in [9.17, 15) is 19.1 Å². The van der Waals surface area contributed by atoms with Crippen LogP contribution in [0.25, 0.3) is 0 Å². The highest BCUT2D eigenvalue weighted by Crippen LogP contribution is 2.39. The van der Waals surface area contributed by atoms with E-state index in [0.29, 0.717) is 12.0 Å². The van der Waals surface area contributed by atoms with Gasteiger partial charge in [0.25, 0.3) is 0 Å². The molecule has 0 bridgehead atoms. The molecule has 178 valence electrons. The Kier molecular flexibility index (Phi) is 15.6. The summed E-state index contributed by atoms with van der Waals surface area (Å²) in [6.07, 6.45) is 8.00. The van der Waals surface area contributed by atoms with Crippen molar-refractivity contribution in [3.8, 4) is 0 Å². The van der Waals surface area contributed by atoms with E-state index in [4.69, 9.17) is 9.26 Å². The molecule has 0 aromatic rings. The Morgan fingerprint density at radius 1 is 0.933 bits per heavy atom. The fraction of sp³-hybridized carbons (Fsp3) is 0.864. The molecule has 1 atom stereocenters. The van der Waals surface area contributed by atoms with Crippen LogP contribution in [0.15, 0.2) is 12.2 Å². The summed E-state index contributed by atoms with van der Waals surface area (Å²) in [4.78, 5) is 30.0. The number of unbranched alkanes of at least 4 members (excludes halogenated alkanes) is 3. The summed E-state index contributed by atoms with van der Waals surface area (Å²) in [5.41, 5.74) is 0.298. The predicted octanol–water partition coefficient (Wildman–Crippen LogP) is 4.97. The van der Waals surface area contributed by atoms with E-state index < -0.39 is 19.9 Å². The Hall–Kier alpha value is -0.720. The maximum Gasteiger partial charge on any atom is 0.469 e. The van der Waals surface area contributed by atoms with Crippen molar-refractivity contribution < 1.29 is 32.9 Å². The predicted molar refractivity (Wildman–Crippen MR) is 121 cm³/mol. The molecule has 30 heavy (non-hydrogen) atoms. The van der Waals surface area contributed by atoms with Crippen molar-refractivity contribution in [3.05, 3.63) is 12.2 Å². The van der Waals surface area contributed by atoms with Crippen molar-refractivity contribution in [1.82, 2.24) is 0 Å². The molecule has 0 aromatic carbocycles. The zero-order chi connectivity index (χ0) is 23.0. The van der Waals surface area contributed by atoms with Gasteiger partial charge in [-0.1, -0.05) is 46.6 Å². The number of ether oxygens (including phenoxy) is 1. The third-order valence-corrected chi connectivity index (χ3v) is 6.00. The summed E-state index contributed by atoms with van der Waals surface area (Å²) in [7, 11) is -4.60. The molecule has 0 rings (SSSR count). The summed E-state index contributed by atoms with van der Waals surface area (Å²) >= 11 is 0. The smallest absolute Gasteiger partial charge is 0.462 e. The van der Waals surface area contributed by atoms with Gasteiger partial charge >= 0.3 is 13.8 Å². The zero-order valence-corrected chi connectivity index (χ0v) is 20.5. The van der Waals surface area contributed by atoms with Crippen molar-refractivity contribution in [3.63, 3.8) is 0 Å². The summed E-state index contributed by atoms with van der Waals surface area (Å²) in [6, 6.07) is 0. The number of esters is 1. The van der Waals surface area contributed by atoms with Gasteiger partial charge in [0.05, 0.1) is 38.9 Å². The van der Waals surface area contributed by atoms with Gasteiger partial charge in [0, 0.05) is 12.0 Å². The summed E-state index contributed by atoms with van der Waals surface area (Å²) in [6.45, 7) is 16.2. The average Bonchev–Trinajstić information content (AvgIpc) is 2.67. The molecule has 0 radical (unpaired) electrons. The largest absolute Gasteiger partial charge is 0.469 e. The van der Waals surface area contributed by atoms with Crippen molar-refractivity contribution in [2.24, 2.45) is 0 Å². The fourth-order valence-corrected chi connectivity index (χ4v) is 4.26. The topological polar surface area (TPSA) is 93.1 Å². The SMILES string of the molecule is C=C(C)C(=O)OCCC(CCC[N+](CCCC)(CCCC)CCCC)OP(=O)(O)O. The van der Waals surface area contributed by atoms with Crippen molar-refractivity contribution in [1.29, 1.82) is 0 Å². The maximum atomic E-state index is 11.5. The fourth-order valence-electron chi connectivity index (χ4n) is 3.66. The maximum absolute atomic E-state index is 11.5. The first-order chi connectivity index (χ1) is 14.1. The molecule has 0 aliphatic carbocycles. The molecule has 0 aliphatic rings. The minimum atomic E-state index is -4.60. The second-order valence-electron chi connectivity index (χ2n) is 8.36. The number of nitrogens with zero attached hydrogens (tertiary/aromatic N) is 1. The first kappa shape index (κ1) is 29.3. The minimum absolute atomic E-state index is 0.0534. The molecule has 1 unspecified atom stereocenters. The first-order valence-corrected chi connectivity index (χ1v) is 13.0. The number of rotatable bonds is 19. The number of phosphoric acid groups is 1. The van der Waals surface area contributed by atoms with Crippen LogP contribution in [0.5, 0.6) is 0 Å². The normalized spacial score (nSPS) is 13.3. The van der Waals surface area contributed by atoms with Gasteiger partial charge < -0.3 is 19.0 Å². The number of quaternary nitrogens is 1. The molecular weight excluding hydrogens is 405 g/mol. The second-order valence-corrected chi connectivity index (χ2v) is 9.55. The Morgan fingerprint density at radius 2 is 1.40 bits per heavy atom. The quantitative estimate of drug-likeness (QED) is 0.125. The van der Waals surface area contributed by atoms with E-state index in [2.05, 4.69) is 27.4 Å². The summed E-state index contributed by atoms with van der Waals surface area (Å²) < 4.78 is 22.5. The van der Waals surface area contributed by atoms with Crippen LogP contribution in [-0.2, 0) is 18.6 Å². The number of hydrogen-bond donors (Lipinski definition) is 2. The van der Waals surface area contributed by atoms with Crippen molar-refractivity contribution >= 4 is 13.8 Å². The number of phosphoric ester groups is 1. The number of carbonyl (C=O) groups excluding carboxylic acids is 1. The monoisotopic (exact) mass is 450 g/mol. The van der Waals surface area contributed by atoms with Gasteiger partial charge in [-0.25, -0.2) is 9.36 Å². The molecule has 0 heterocycles. The molecule has 0 saturated carbocycles. The lowest BCUT2D eigenvalue weighted by Gasteiger charge is -2.39. The highest BCUT2D eigenvalue weighted by atomic mass is 31.2. The highest BCUT2D eigenvalue weighted by molar-refractivity contribution is 7.46. The summed E-state index contributed by atoms with van der Waals surface area (Å²) in [5.74, 6) is -0.501. The molecule has 0 aliphatic heterocycles. The molecular formula is C22H45NO6P+. The Balaban J connectivity index is 4.97. The third kappa shape index (κ3) is 14.3. The van der Waals surface area contributed by atoms with Gasteiger partial charge in [0.1, 0.15) is 0 Å². The van der Waals surface area contributed by atoms with Crippen LogP contribution in [-0.4, -0.2) is 59.1 Å². The van der Waals surface area contributed by atoms with Gasteiger partial charge in [-0.3, -0.25) is 4.52 Å². The Labute approximate surface area is 183 Å². The van der Waals surface area contributed by atoms with Crippen LogP contribution in [0.1, 0.15) is 85.5 Å². The van der Waals surface area contributed by atoms with E-state index in [-0.39, 0.29) is 13.0 Å². The van der Waals surface area contributed by atoms with Crippen molar-refractivity contribution in [2.75, 3.05) is 32.8 Å². The lowest BCUT2D eigenvalue weighted by molar-refractivity contribution is -0.929. The molecule has 0 fully saturated rings. The van der Waals surface area contributed by atoms with E-state index in [1.165, 1.54) is 19.3 Å². The first-order valence-electron chi connectivity index (χ1n) is 11.5. The van der Waals surface area contributed by atoms with Crippen LogP contribution < -0.4 is 0 Å². The lowest BCUT2D eigenvalue weighted by atomic mass is 10.1. The third-order valence-electron chi connectivity index (χ3n) is 5.42. The van der Waals surface area contributed by atoms with E-state index in [1.807, 2.05) is 0 Å². The molecule has 0 aromatic heterocycles. The van der Waals surface area contributed by atoms with Gasteiger partial charge in [0.15, 0.2) is 0 Å². The van der Waals surface area contributed by atoms with Crippen LogP contribution in [0, 0.1) is 0 Å². The van der Waals surface area contributed by atoms with Gasteiger partial charge in [-0.05, 0) is 39.0 Å². The molecule has 7 nitrogen and oxygen atoms in total. The van der Waals surface area contributed by atoms with Gasteiger partial charge in [0.2, 0.25) is 0 Å². The summed E-state index contributed by atoms with van der Waals surface area (Å²) in [5, 5.41) is 0. The Morgan fingerprint density at radius 3 is 1.80 bits per heavy atom. The van der Waals surface area contributed by atoms with Gasteiger partial charge in [-0.15, -0.1) is 0 Å². The van der Waals surface area contributed by atoms with Crippen LogP contribution in [0.3, 0.4) is 0 Å². The average molecular weight is 451 g/mol. The van der Waals surface area contributed by atoms with Crippen LogP contribution >= 0.6 is 7.82 Å². The van der Waals surface area contributed by atoms with E-state index in [1.54, 1.807) is 6.92 Å². The second kappa shape index (κ2) is 16.0. The number of hydrogen-bond acceptors (Lipinski definition) is 4. The molecule has 0 spiro atoms. The standard InChI is InChI=1S/C22H44NO6P/c1-6-9-15-23(16-10-7-2,17-11-8-3)18-12-13-21(29-30(25,26)27)14-19-28-22(24)20(4)5/h21H,4,6-19H2,1-3,5H3,(H-,25,26,27)/p+1. The molecule has 0 amide bonds. The number of carbonyl (C=O) groups is 1. The Bertz CT molecular complexity index is 512. The molecule has 0 saturated heterocycles.